The summed E-state index contributed by atoms with van der Waals surface area (Å²) in [5.41, 5.74) is 1.29. The number of piperidine rings is 1. The van der Waals surface area contributed by atoms with E-state index in [1.165, 1.54) is 24.8 Å². The summed E-state index contributed by atoms with van der Waals surface area (Å²) < 4.78 is 7.30. The fourth-order valence-electron chi connectivity index (χ4n) is 3.70. The maximum atomic E-state index is 5.32. The molecule has 2 N–H and O–H groups in total. The molecule has 30 heavy (non-hydrogen) atoms. The van der Waals surface area contributed by atoms with Gasteiger partial charge in [-0.3, -0.25) is 9.89 Å². The number of aryl methyl sites for hydroxylation is 1. The first-order chi connectivity index (χ1) is 14.1. The molecule has 0 bridgehead atoms. The van der Waals surface area contributed by atoms with Gasteiger partial charge < -0.3 is 19.9 Å². The van der Waals surface area contributed by atoms with E-state index >= 15 is 0 Å². The minimum absolute atomic E-state index is 0. The third-order valence-corrected chi connectivity index (χ3v) is 5.62. The number of nitrogens with one attached hydrogen (secondary N) is 2. The van der Waals surface area contributed by atoms with E-state index in [0.29, 0.717) is 6.54 Å². The van der Waals surface area contributed by atoms with Crippen LogP contribution in [0.15, 0.2) is 29.3 Å². The molecule has 0 radical (unpaired) electrons. The third-order valence-electron chi connectivity index (χ3n) is 5.62. The predicted molar refractivity (Wildman–Crippen MR) is 131 cm³/mol. The number of hydrogen-bond donors (Lipinski definition) is 2. The number of methoxy groups -OCH3 is 1. The molecule has 166 valence electrons. The smallest absolute Gasteiger partial charge is 0.191 e. The molecule has 1 atom stereocenters. The molecule has 1 saturated heterocycles. The van der Waals surface area contributed by atoms with Gasteiger partial charge in [0.05, 0.1) is 19.7 Å². The summed E-state index contributed by atoms with van der Waals surface area (Å²) in [6.45, 7) is 5.56. The number of halogens is 1. The van der Waals surface area contributed by atoms with E-state index in [-0.39, 0.29) is 30.0 Å². The van der Waals surface area contributed by atoms with Crippen molar-refractivity contribution in [1.82, 2.24) is 30.3 Å². The Balaban J connectivity index is 0.00000320. The average Bonchev–Trinajstić information content (AvgIpc) is 3.09. The number of guanidine groups is 1. The molecule has 1 aromatic heterocycles. The number of hydrogen-bond acceptors (Lipinski definition) is 5. The number of aliphatic imine (C=N–C) groups is 1. The van der Waals surface area contributed by atoms with Crippen LogP contribution >= 0.6 is 24.0 Å². The summed E-state index contributed by atoms with van der Waals surface area (Å²) in [6, 6.07) is 8.69. The second-order valence-corrected chi connectivity index (χ2v) is 7.41. The van der Waals surface area contributed by atoms with Gasteiger partial charge in [-0.05, 0) is 50.6 Å². The Morgan fingerprint density at radius 1 is 1.13 bits per heavy atom. The Hall–Kier alpha value is -1.88. The molecular formula is C21H34IN7O. The maximum Gasteiger partial charge on any atom is 0.191 e. The van der Waals surface area contributed by atoms with Crippen LogP contribution in [0.5, 0.6) is 5.75 Å². The second kappa shape index (κ2) is 12.1. The van der Waals surface area contributed by atoms with Crippen molar-refractivity contribution in [2.45, 2.75) is 38.8 Å². The van der Waals surface area contributed by atoms with Crippen LogP contribution < -0.4 is 15.4 Å². The molecule has 0 saturated carbocycles. The van der Waals surface area contributed by atoms with Gasteiger partial charge in [-0.15, -0.1) is 34.2 Å². The number of aromatic nitrogens is 3. The molecule has 0 aliphatic carbocycles. The van der Waals surface area contributed by atoms with Crippen molar-refractivity contribution in [2.24, 2.45) is 12.0 Å². The van der Waals surface area contributed by atoms with E-state index in [1.54, 1.807) is 14.2 Å². The van der Waals surface area contributed by atoms with E-state index < -0.39 is 0 Å². The Morgan fingerprint density at radius 2 is 1.83 bits per heavy atom. The van der Waals surface area contributed by atoms with Crippen LogP contribution in [-0.2, 0) is 13.6 Å². The summed E-state index contributed by atoms with van der Waals surface area (Å²) in [5.74, 6) is 3.43. The van der Waals surface area contributed by atoms with Crippen LogP contribution in [0, 0.1) is 6.92 Å². The SMILES string of the molecule is CN=C(NCc1nnc(C)n1C)NCC(c1ccc(OC)cc1)N1CCCCC1.I. The number of ether oxygens (including phenoxy) is 1. The molecule has 1 unspecified atom stereocenters. The Labute approximate surface area is 196 Å². The van der Waals surface area contributed by atoms with Crippen LogP contribution in [0.2, 0.25) is 0 Å². The molecule has 0 spiro atoms. The number of likely N-dealkylation sites (tertiary alicyclic amines) is 1. The highest BCUT2D eigenvalue weighted by molar-refractivity contribution is 14.0. The van der Waals surface area contributed by atoms with Crippen molar-refractivity contribution in [3.63, 3.8) is 0 Å². The topological polar surface area (TPSA) is 79.6 Å². The molecule has 8 nitrogen and oxygen atoms in total. The normalized spacial score (nSPS) is 15.9. The van der Waals surface area contributed by atoms with Crippen molar-refractivity contribution >= 4 is 29.9 Å². The fourth-order valence-corrected chi connectivity index (χ4v) is 3.70. The quantitative estimate of drug-likeness (QED) is 0.328. The standard InChI is InChI=1S/C21H33N7O.HI/c1-16-25-26-20(27(16)3)15-24-21(22-2)23-14-19(28-12-6-5-7-13-28)17-8-10-18(29-4)11-9-17;/h8-11,19H,5-7,12-15H2,1-4H3,(H2,22,23,24);1H. The fraction of sp³-hybridized carbons (Fsp3) is 0.571. The summed E-state index contributed by atoms with van der Waals surface area (Å²) >= 11 is 0. The first-order valence-electron chi connectivity index (χ1n) is 10.3. The van der Waals surface area contributed by atoms with Gasteiger partial charge >= 0.3 is 0 Å². The van der Waals surface area contributed by atoms with E-state index in [2.05, 4.69) is 42.9 Å². The molecule has 1 aliphatic rings. The van der Waals surface area contributed by atoms with Gasteiger partial charge in [-0.2, -0.15) is 0 Å². The lowest BCUT2D eigenvalue weighted by Gasteiger charge is -2.35. The summed E-state index contributed by atoms with van der Waals surface area (Å²) in [7, 11) is 5.46. The molecule has 0 amide bonds. The number of benzene rings is 1. The lowest BCUT2D eigenvalue weighted by atomic mass is 10.0. The molecular weight excluding hydrogens is 493 g/mol. The highest BCUT2D eigenvalue weighted by Crippen LogP contribution is 2.25. The van der Waals surface area contributed by atoms with Crippen molar-refractivity contribution in [3.8, 4) is 5.75 Å². The van der Waals surface area contributed by atoms with Crippen LogP contribution in [0.1, 0.15) is 42.5 Å². The zero-order valence-corrected chi connectivity index (χ0v) is 20.7. The zero-order valence-electron chi connectivity index (χ0n) is 18.4. The van der Waals surface area contributed by atoms with E-state index in [9.17, 15) is 0 Å². The molecule has 1 aliphatic heterocycles. The molecule has 1 fully saturated rings. The highest BCUT2D eigenvalue weighted by Gasteiger charge is 2.22. The van der Waals surface area contributed by atoms with Crippen LogP contribution in [0.3, 0.4) is 0 Å². The summed E-state index contributed by atoms with van der Waals surface area (Å²) in [4.78, 5) is 6.94. The van der Waals surface area contributed by atoms with Crippen LogP contribution in [-0.4, -0.2) is 59.4 Å². The molecule has 1 aromatic carbocycles. The van der Waals surface area contributed by atoms with Gasteiger partial charge in [-0.1, -0.05) is 18.6 Å². The van der Waals surface area contributed by atoms with Crippen molar-refractivity contribution in [1.29, 1.82) is 0 Å². The lowest BCUT2D eigenvalue weighted by Crippen LogP contribution is -2.44. The van der Waals surface area contributed by atoms with Gasteiger partial charge in [-0.25, -0.2) is 0 Å². The van der Waals surface area contributed by atoms with Gasteiger partial charge in [0.2, 0.25) is 0 Å². The van der Waals surface area contributed by atoms with Gasteiger partial charge in [0.1, 0.15) is 11.6 Å². The first-order valence-corrected chi connectivity index (χ1v) is 10.3. The van der Waals surface area contributed by atoms with Crippen molar-refractivity contribution in [2.75, 3.05) is 33.8 Å². The van der Waals surface area contributed by atoms with E-state index in [1.807, 2.05) is 30.7 Å². The molecule has 9 heteroatoms. The summed E-state index contributed by atoms with van der Waals surface area (Å²) in [6.07, 6.45) is 3.83. The number of nitrogens with zero attached hydrogens (tertiary/aromatic N) is 5. The van der Waals surface area contributed by atoms with Gasteiger partial charge in [0.15, 0.2) is 11.8 Å². The van der Waals surface area contributed by atoms with E-state index in [0.717, 1.165) is 43.0 Å². The highest BCUT2D eigenvalue weighted by atomic mass is 127. The largest absolute Gasteiger partial charge is 0.497 e. The monoisotopic (exact) mass is 527 g/mol. The predicted octanol–water partition coefficient (Wildman–Crippen LogP) is 2.64. The van der Waals surface area contributed by atoms with E-state index in [4.69, 9.17) is 4.74 Å². The second-order valence-electron chi connectivity index (χ2n) is 7.41. The lowest BCUT2D eigenvalue weighted by molar-refractivity contribution is 0.164. The Kier molecular flexibility index (Phi) is 9.83. The molecule has 2 heterocycles. The number of rotatable bonds is 7. The van der Waals surface area contributed by atoms with Crippen LogP contribution in [0.25, 0.3) is 0 Å². The Bertz CT molecular complexity index is 800. The Morgan fingerprint density at radius 3 is 2.40 bits per heavy atom. The maximum absolute atomic E-state index is 5.32. The van der Waals surface area contributed by atoms with Crippen LogP contribution in [0.4, 0.5) is 0 Å². The first kappa shape index (κ1) is 24.4. The van der Waals surface area contributed by atoms with Gasteiger partial charge in [0, 0.05) is 20.6 Å². The van der Waals surface area contributed by atoms with Crippen molar-refractivity contribution in [3.05, 3.63) is 41.5 Å². The molecule has 2 aromatic rings. The van der Waals surface area contributed by atoms with Gasteiger partial charge in [0.25, 0.3) is 0 Å². The minimum Gasteiger partial charge on any atom is -0.497 e. The minimum atomic E-state index is 0. The zero-order chi connectivity index (χ0) is 20.6. The molecule has 3 rings (SSSR count). The average molecular weight is 527 g/mol. The van der Waals surface area contributed by atoms with Crippen molar-refractivity contribution < 1.29 is 4.74 Å². The summed E-state index contributed by atoms with van der Waals surface area (Å²) in [5, 5.41) is 15.2. The third kappa shape index (κ3) is 6.31.